The maximum atomic E-state index is 11.8. The van der Waals surface area contributed by atoms with Gasteiger partial charge in [-0.15, -0.1) is 5.10 Å². The van der Waals surface area contributed by atoms with E-state index < -0.39 is 11.6 Å². The van der Waals surface area contributed by atoms with Crippen molar-refractivity contribution in [3.05, 3.63) is 44.5 Å². The molecular weight excluding hydrogens is 300 g/mol. The fourth-order valence-corrected chi connectivity index (χ4v) is 2.00. The van der Waals surface area contributed by atoms with Crippen LogP contribution in [0.1, 0.15) is 16.2 Å². The summed E-state index contributed by atoms with van der Waals surface area (Å²) in [6, 6.07) is 5.54. The maximum Gasteiger partial charge on any atom is 0.343 e. The Hall–Kier alpha value is -1.89. The van der Waals surface area contributed by atoms with Crippen LogP contribution in [0, 0.1) is 6.92 Å². The van der Waals surface area contributed by atoms with Crippen LogP contribution < -0.4 is 11.0 Å². The molecule has 0 aliphatic heterocycles. The quantitative estimate of drug-likeness (QED) is 0.880. The zero-order valence-electron chi connectivity index (χ0n) is 9.82. The number of aromatic amines is 1. The highest BCUT2D eigenvalue weighted by atomic mass is 79.9. The number of hydrogen-bond acceptors (Lipinski definition) is 3. The van der Waals surface area contributed by atoms with E-state index in [9.17, 15) is 9.59 Å². The van der Waals surface area contributed by atoms with Crippen LogP contribution in [0.5, 0.6) is 0 Å². The molecule has 94 valence electrons. The van der Waals surface area contributed by atoms with Crippen molar-refractivity contribution in [1.29, 1.82) is 0 Å². The van der Waals surface area contributed by atoms with Gasteiger partial charge >= 0.3 is 5.69 Å². The Morgan fingerprint density at radius 1 is 1.50 bits per heavy atom. The lowest BCUT2D eigenvalue weighted by Gasteiger charge is -2.06. The predicted molar refractivity (Wildman–Crippen MR) is 70.7 cm³/mol. The molecule has 7 heteroatoms. The number of carbonyl (C=O) groups excluding carboxylic acids is 1. The Labute approximate surface area is 111 Å². The zero-order chi connectivity index (χ0) is 13.3. The first kappa shape index (κ1) is 12.6. The maximum absolute atomic E-state index is 11.8. The highest BCUT2D eigenvalue weighted by Crippen LogP contribution is 2.23. The number of nitrogens with one attached hydrogen (secondary N) is 2. The fraction of sp³-hybridized carbons (Fsp3) is 0.182. The largest absolute Gasteiger partial charge is 0.343 e. The number of carbonyl (C=O) groups is 1. The van der Waals surface area contributed by atoms with Crippen molar-refractivity contribution in [2.45, 2.75) is 6.92 Å². The second-order valence-electron chi connectivity index (χ2n) is 3.84. The molecule has 18 heavy (non-hydrogen) atoms. The lowest BCUT2D eigenvalue weighted by atomic mass is 10.2. The number of amides is 1. The molecule has 0 aliphatic rings. The number of nitrogens with zero attached hydrogens (tertiary/aromatic N) is 2. The summed E-state index contributed by atoms with van der Waals surface area (Å²) in [6.07, 6.45) is 0. The van der Waals surface area contributed by atoms with Crippen LogP contribution in [0.3, 0.4) is 0 Å². The Morgan fingerprint density at radius 2 is 2.22 bits per heavy atom. The summed E-state index contributed by atoms with van der Waals surface area (Å²) >= 11 is 3.36. The molecule has 0 radical (unpaired) electrons. The number of benzene rings is 1. The third-order valence-electron chi connectivity index (χ3n) is 2.36. The van der Waals surface area contributed by atoms with Crippen LogP contribution >= 0.6 is 15.9 Å². The minimum absolute atomic E-state index is 0.0185. The second-order valence-corrected chi connectivity index (χ2v) is 4.69. The molecule has 0 saturated carbocycles. The molecule has 0 saturated heterocycles. The molecule has 2 N–H and O–H groups in total. The predicted octanol–water partition coefficient (Wildman–Crippen LogP) is 1.43. The first-order chi connectivity index (χ1) is 8.47. The second kappa shape index (κ2) is 4.77. The van der Waals surface area contributed by atoms with Crippen molar-refractivity contribution < 1.29 is 4.79 Å². The monoisotopic (exact) mass is 310 g/mol. The summed E-state index contributed by atoms with van der Waals surface area (Å²) in [5.74, 6) is -0.479. The summed E-state index contributed by atoms with van der Waals surface area (Å²) < 4.78 is 1.84. The number of anilines is 1. The molecule has 0 aliphatic carbocycles. The third-order valence-corrected chi connectivity index (χ3v) is 3.01. The minimum atomic E-state index is -0.461. The van der Waals surface area contributed by atoms with E-state index in [1.807, 2.05) is 19.1 Å². The fourth-order valence-electron chi connectivity index (χ4n) is 1.41. The highest BCUT2D eigenvalue weighted by molar-refractivity contribution is 9.10. The first-order valence-corrected chi connectivity index (χ1v) is 5.97. The number of hydrogen-bond donors (Lipinski definition) is 2. The van der Waals surface area contributed by atoms with E-state index in [1.54, 1.807) is 6.07 Å². The van der Waals surface area contributed by atoms with Gasteiger partial charge in [0.05, 0.1) is 5.69 Å². The van der Waals surface area contributed by atoms with Gasteiger partial charge < -0.3 is 5.32 Å². The molecule has 0 atom stereocenters. The summed E-state index contributed by atoms with van der Waals surface area (Å²) in [5.41, 5.74) is 1.27. The van der Waals surface area contributed by atoms with Gasteiger partial charge in [0.15, 0.2) is 0 Å². The number of halogens is 1. The molecule has 0 bridgehead atoms. The molecular formula is C11H11BrN4O2. The Bertz CT molecular complexity index is 659. The first-order valence-electron chi connectivity index (χ1n) is 5.18. The molecule has 6 nitrogen and oxygen atoms in total. The average Bonchev–Trinajstić information content (AvgIpc) is 2.63. The standard InChI is InChI=1S/C11H11BrN4O2/c1-6-3-4-8(7(12)5-6)13-10(17)9-14-11(18)16(2)15-9/h3-5H,1-2H3,(H,13,17)(H,14,15,18). The van der Waals surface area contributed by atoms with E-state index in [0.717, 1.165) is 14.7 Å². The van der Waals surface area contributed by atoms with Gasteiger partial charge in [-0.3, -0.25) is 9.78 Å². The number of aryl methyl sites for hydroxylation is 2. The topological polar surface area (TPSA) is 79.8 Å². The number of rotatable bonds is 2. The molecule has 1 aromatic heterocycles. The molecule has 0 spiro atoms. The van der Waals surface area contributed by atoms with Crippen molar-refractivity contribution >= 4 is 27.5 Å². The minimum Gasteiger partial charge on any atom is -0.318 e. The van der Waals surface area contributed by atoms with Crippen molar-refractivity contribution in [2.24, 2.45) is 7.05 Å². The molecule has 2 rings (SSSR count). The van der Waals surface area contributed by atoms with Gasteiger partial charge in [0.2, 0.25) is 5.82 Å². The Kier molecular flexibility index (Phi) is 3.33. The van der Waals surface area contributed by atoms with Crippen LogP contribution in [-0.2, 0) is 7.05 Å². The Balaban J connectivity index is 2.23. The molecule has 1 heterocycles. The van der Waals surface area contributed by atoms with Crippen molar-refractivity contribution in [3.63, 3.8) is 0 Å². The summed E-state index contributed by atoms with van der Waals surface area (Å²) in [4.78, 5) is 25.4. The average molecular weight is 311 g/mol. The molecule has 2 aromatic rings. The Morgan fingerprint density at radius 3 is 2.78 bits per heavy atom. The van der Waals surface area contributed by atoms with E-state index in [4.69, 9.17) is 0 Å². The van der Waals surface area contributed by atoms with Crippen LogP contribution in [0.25, 0.3) is 0 Å². The van der Waals surface area contributed by atoms with Gasteiger partial charge in [0, 0.05) is 11.5 Å². The van der Waals surface area contributed by atoms with Gasteiger partial charge in [-0.05, 0) is 40.5 Å². The van der Waals surface area contributed by atoms with Gasteiger partial charge in [-0.25, -0.2) is 9.48 Å². The van der Waals surface area contributed by atoms with E-state index in [-0.39, 0.29) is 5.82 Å². The van der Waals surface area contributed by atoms with Crippen LogP contribution in [-0.4, -0.2) is 20.7 Å². The van der Waals surface area contributed by atoms with Crippen LogP contribution in [0.4, 0.5) is 5.69 Å². The zero-order valence-corrected chi connectivity index (χ0v) is 11.4. The SMILES string of the molecule is Cc1ccc(NC(=O)c2nn(C)c(=O)[nH]2)c(Br)c1. The third kappa shape index (κ3) is 2.51. The number of aromatic nitrogens is 3. The normalized spacial score (nSPS) is 10.4. The van der Waals surface area contributed by atoms with E-state index in [1.165, 1.54) is 7.05 Å². The summed E-state index contributed by atoms with van der Waals surface area (Å²) in [5, 5.41) is 6.44. The highest BCUT2D eigenvalue weighted by Gasteiger charge is 2.13. The van der Waals surface area contributed by atoms with E-state index in [2.05, 4.69) is 31.3 Å². The van der Waals surface area contributed by atoms with Crippen LogP contribution in [0.15, 0.2) is 27.5 Å². The van der Waals surface area contributed by atoms with E-state index in [0.29, 0.717) is 5.69 Å². The van der Waals surface area contributed by atoms with Crippen molar-refractivity contribution in [3.8, 4) is 0 Å². The van der Waals surface area contributed by atoms with Crippen LogP contribution in [0.2, 0.25) is 0 Å². The van der Waals surface area contributed by atoms with Gasteiger partial charge in [0.25, 0.3) is 5.91 Å². The van der Waals surface area contributed by atoms with Crippen molar-refractivity contribution in [2.75, 3.05) is 5.32 Å². The summed E-state index contributed by atoms with van der Waals surface area (Å²) in [7, 11) is 1.47. The molecule has 1 aromatic carbocycles. The van der Waals surface area contributed by atoms with Crippen molar-refractivity contribution in [1.82, 2.24) is 14.8 Å². The van der Waals surface area contributed by atoms with Gasteiger partial charge in [-0.2, -0.15) is 0 Å². The number of H-pyrrole nitrogens is 1. The summed E-state index contributed by atoms with van der Waals surface area (Å²) in [6.45, 7) is 1.95. The molecule has 0 unspecified atom stereocenters. The lowest BCUT2D eigenvalue weighted by molar-refractivity contribution is 0.101. The van der Waals surface area contributed by atoms with E-state index >= 15 is 0 Å². The van der Waals surface area contributed by atoms with Gasteiger partial charge in [-0.1, -0.05) is 6.07 Å². The molecule has 0 fully saturated rings. The van der Waals surface area contributed by atoms with Gasteiger partial charge in [0.1, 0.15) is 0 Å². The smallest absolute Gasteiger partial charge is 0.318 e. The molecule has 1 amide bonds. The lowest BCUT2D eigenvalue weighted by Crippen LogP contribution is -2.15.